The fourth-order valence-electron chi connectivity index (χ4n) is 2.23. The molecule has 0 unspecified atom stereocenters. The molecular formula is C13H14N4O. The largest absolute Gasteiger partial charge is 0.395 e. The molecule has 2 heterocycles. The molecule has 18 heavy (non-hydrogen) atoms. The van der Waals surface area contributed by atoms with Crippen LogP contribution in [0, 0.1) is 0 Å². The number of aliphatic hydroxyl groups excluding tert-OH is 1. The number of hydrogen-bond acceptors (Lipinski definition) is 4. The van der Waals surface area contributed by atoms with Crippen LogP contribution < -0.4 is 5.32 Å². The lowest BCUT2D eigenvalue weighted by Gasteiger charge is -2.07. The minimum Gasteiger partial charge on any atom is -0.395 e. The van der Waals surface area contributed by atoms with Crippen molar-refractivity contribution in [1.82, 2.24) is 14.5 Å². The summed E-state index contributed by atoms with van der Waals surface area (Å²) in [7, 11) is 1.83. The van der Waals surface area contributed by atoms with Gasteiger partial charge in [-0.05, 0) is 6.07 Å². The van der Waals surface area contributed by atoms with E-state index in [0.29, 0.717) is 6.54 Å². The van der Waals surface area contributed by atoms with Crippen molar-refractivity contribution < 1.29 is 5.11 Å². The molecule has 1 aromatic carbocycles. The number of aromatic nitrogens is 3. The minimum atomic E-state index is 0.0942. The van der Waals surface area contributed by atoms with Crippen LogP contribution in [0.1, 0.15) is 0 Å². The zero-order valence-corrected chi connectivity index (χ0v) is 10.1. The van der Waals surface area contributed by atoms with E-state index in [-0.39, 0.29) is 6.61 Å². The summed E-state index contributed by atoms with van der Waals surface area (Å²) in [5.74, 6) is 0.764. The first-order valence-electron chi connectivity index (χ1n) is 5.87. The molecule has 0 saturated carbocycles. The third-order valence-electron chi connectivity index (χ3n) is 3.03. The standard InChI is InChI=1S/C13H14N4O/c1-14-13-11-12(17(6-7-18)8-15-11)9-4-2-3-5-10(9)16-13/h2-5,8,18H,6-7H2,1H3,(H,14,16). The highest BCUT2D eigenvalue weighted by Gasteiger charge is 2.12. The van der Waals surface area contributed by atoms with Gasteiger partial charge in [0.05, 0.1) is 24.0 Å². The number of imidazole rings is 1. The number of rotatable bonds is 3. The van der Waals surface area contributed by atoms with Gasteiger partial charge in [0.1, 0.15) is 5.52 Å². The van der Waals surface area contributed by atoms with Gasteiger partial charge in [-0.3, -0.25) is 0 Å². The first-order valence-corrected chi connectivity index (χ1v) is 5.87. The maximum atomic E-state index is 9.12. The van der Waals surface area contributed by atoms with Gasteiger partial charge in [0.25, 0.3) is 0 Å². The number of fused-ring (bicyclic) bond motifs is 3. The molecule has 0 radical (unpaired) electrons. The third-order valence-corrected chi connectivity index (χ3v) is 3.03. The van der Waals surface area contributed by atoms with Crippen LogP contribution in [0.4, 0.5) is 5.82 Å². The number of anilines is 1. The zero-order chi connectivity index (χ0) is 12.5. The first-order chi connectivity index (χ1) is 8.85. The Morgan fingerprint density at radius 3 is 2.94 bits per heavy atom. The zero-order valence-electron chi connectivity index (χ0n) is 10.1. The lowest BCUT2D eigenvalue weighted by atomic mass is 10.2. The van der Waals surface area contributed by atoms with Crippen LogP contribution in [-0.4, -0.2) is 33.3 Å². The van der Waals surface area contributed by atoms with Gasteiger partial charge < -0.3 is 15.0 Å². The van der Waals surface area contributed by atoms with Crippen molar-refractivity contribution in [1.29, 1.82) is 0 Å². The summed E-state index contributed by atoms with van der Waals surface area (Å²) >= 11 is 0. The Labute approximate surface area is 104 Å². The van der Waals surface area contributed by atoms with Gasteiger partial charge in [-0.15, -0.1) is 0 Å². The molecule has 0 amide bonds. The first kappa shape index (κ1) is 11.0. The fourth-order valence-corrected chi connectivity index (χ4v) is 2.23. The lowest BCUT2D eigenvalue weighted by molar-refractivity contribution is 0.278. The van der Waals surface area contributed by atoms with E-state index in [9.17, 15) is 0 Å². The van der Waals surface area contributed by atoms with Gasteiger partial charge in [-0.1, -0.05) is 18.2 Å². The van der Waals surface area contributed by atoms with Crippen molar-refractivity contribution in [3.63, 3.8) is 0 Å². The van der Waals surface area contributed by atoms with E-state index in [1.54, 1.807) is 6.33 Å². The Balaban J connectivity index is 2.44. The number of benzene rings is 1. The summed E-state index contributed by atoms with van der Waals surface area (Å²) in [6.07, 6.45) is 1.75. The maximum Gasteiger partial charge on any atom is 0.154 e. The van der Waals surface area contributed by atoms with Crippen LogP contribution in [-0.2, 0) is 6.54 Å². The molecule has 0 aliphatic rings. The Kier molecular flexibility index (Phi) is 2.60. The summed E-state index contributed by atoms with van der Waals surface area (Å²) in [5.41, 5.74) is 2.78. The van der Waals surface area contributed by atoms with E-state index in [4.69, 9.17) is 5.11 Å². The van der Waals surface area contributed by atoms with Gasteiger partial charge in [-0.2, -0.15) is 0 Å². The van der Waals surface area contributed by atoms with Gasteiger partial charge in [0, 0.05) is 19.0 Å². The predicted molar refractivity (Wildman–Crippen MR) is 71.7 cm³/mol. The molecule has 0 spiro atoms. The minimum absolute atomic E-state index is 0.0942. The highest BCUT2D eigenvalue weighted by atomic mass is 16.3. The summed E-state index contributed by atoms with van der Waals surface area (Å²) in [6, 6.07) is 7.96. The monoisotopic (exact) mass is 242 g/mol. The van der Waals surface area contributed by atoms with Crippen molar-refractivity contribution in [3.05, 3.63) is 30.6 Å². The molecule has 0 saturated heterocycles. The van der Waals surface area contributed by atoms with Crippen LogP contribution in [0.15, 0.2) is 30.6 Å². The normalized spacial score (nSPS) is 11.2. The molecule has 2 aromatic heterocycles. The Morgan fingerprint density at radius 1 is 1.33 bits per heavy atom. The molecule has 92 valence electrons. The van der Waals surface area contributed by atoms with Crippen LogP contribution >= 0.6 is 0 Å². The smallest absolute Gasteiger partial charge is 0.154 e. The Hall–Kier alpha value is -2.14. The van der Waals surface area contributed by atoms with Gasteiger partial charge >= 0.3 is 0 Å². The molecule has 0 fully saturated rings. The van der Waals surface area contributed by atoms with Crippen LogP contribution in [0.2, 0.25) is 0 Å². The highest BCUT2D eigenvalue weighted by molar-refractivity contribution is 6.06. The maximum absolute atomic E-state index is 9.12. The second kappa shape index (κ2) is 4.27. The number of pyridine rings is 1. The van der Waals surface area contributed by atoms with Crippen molar-refractivity contribution >= 4 is 27.8 Å². The fraction of sp³-hybridized carbons (Fsp3) is 0.231. The molecule has 0 bridgehead atoms. The van der Waals surface area contributed by atoms with Gasteiger partial charge in [0.15, 0.2) is 5.82 Å². The molecule has 5 heteroatoms. The van der Waals surface area contributed by atoms with E-state index in [2.05, 4.69) is 15.3 Å². The van der Waals surface area contributed by atoms with Crippen molar-refractivity contribution in [2.24, 2.45) is 0 Å². The van der Waals surface area contributed by atoms with E-state index < -0.39 is 0 Å². The number of hydrogen-bond donors (Lipinski definition) is 2. The number of nitrogens with one attached hydrogen (secondary N) is 1. The summed E-state index contributed by atoms with van der Waals surface area (Å²) in [5, 5.41) is 13.2. The van der Waals surface area contributed by atoms with E-state index in [1.165, 1.54) is 0 Å². The molecule has 0 aliphatic heterocycles. The van der Waals surface area contributed by atoms with Crippen molar-refractivity contribution in [3.8, 4) is 0 Å². The average molecular weight is 242 g/mol. The highest BCUT2D eigenvalue weighted by Crippen LogP contribution is 2.27. The molecular weight excluding hydrogens is 228 g/mol. The van der Waals surface area contributed by atoms with E-state index in [1.807, 2.05) is 35.9 Å². The number of nitrogens with zero attached hydrogens (tertiary/aromatic N) is 3. The second-order valence-corrected chi connectivity index (χ2v) is 4.09. The SMILES string of the molecule is CNc1nc2ccccc2c2c1ncn2CCO. The van der Waals surface area contributed by atoms with Crippen LogP contribution in [0.5, 0.6) is 0 Å². The number of aliphatic hydroxyl groups is 1. The number of para-hydroxylation sites is 1. The summed E-state index contributed by atoms with van der Waals surface area (Å²) in [6.45, 7) is 0.630. The average Bonchev–Trinajstić information content (AvgIpc) is 2.83. The molecule has 3 rings (SSSR count). The van der Waals surface area contributed by atoms with E-state index in [0.717, 1.165) is 27.8 Å². The molecule has 5 nitrogen and oxygen atoms in total. The molecule has 0 aliphatic carbocycles. The summed E-state index contributed by atoms with van der Waals surface area (Å²) < 4.78 is 1.96. The molecule has 3 aromatic rings. The van der Waals surface area contributed by atoms with Crippen LogP contribution in [0.3, 0.4) is 0 Å². The topological polar surface area (TPSA) is 63.0 Å². The Morgan fingerprint density at radius 2 is 2.17 bits per heavy atom. The van der Waals surface area contributed by atoms with Crippen molar-refractivity contribution in [2.75, 3.05) is 19.0 Å². The second-order valence-electron chi connectivity index (χ2n) is 4.09. The van der Waals surface area contributed by atoms with Crippen LogP contribution in [0.25, 0.3) is 21.9 Å². The van der Waals surface area contributed by atoms with Crippen molar-refractivity contribution in [2.45, 2.75) is 6.54 Å². The predicted octanol–water partition coefficient (Wildman–Crippen LogP) is 1.62. The third kappa shape index (κ3) is 1.52. The van der Waals surface area contributed by atoms with E-state index >= 15 is 0 Å². The Bertz CT molecular complexity index is 705. The molecule has 0 atom stereocenters. The summed E-state index contributed by atoms with van der Waals surface area (Å²) in [4.78, 5) is 8.93. The lowest BCUT2D eigenvalue weighted by Crippen LogP contribution is -2.01. The van der Waals surface area contributed by atoms with Gasteiger partial charge in [0.2, 0.25) is 0 Å². The van der Waals surface area contributed by atoms with Gasteiger partial charge in [-0.25, -0.2) is 9.97 Å². The quantitative estimate of drug-likeness (QED) is 0.732. The molecule has 2 N–H and O–H groups in total.